The van der Waals surface area contributed by atoms with Gasteiger partial charge in [0.1, 0.15) is 0 Å². The molecule has 3 heteroatoms. The Kier molecular flexibility index (Phi) is 2.56. The maximum absolute atomic E-state index is 9.17. The SMILES string of the molecule is OCC1CC1N(c1ccc(Cl)cc1)C1CC1. The summed E-state index contributed by atoms with van der Waals surface area (Å²) < 4.78 is 0. The van der Waals surface area contributed by atoms with Crippen LogP contribution in [0.2, 0.25) is 5.02 Å². The van der Waals surface area contributed by atoms with Gasteiger partial charge in [-0.1, -0.05) is 11.6 Å². The Morgan fingerprint density at radius 3 is 2.44 bits per heavy atom. The summed E-state index contributed by atoms with van der Waals surface area (Å²) in [4.78, 5) is 2.48. The molecule has 86 valence electrons. The number of hydrogen-bond donors (Lipinski definition) is 1. The first-order chi connectivity index (χ1) is 7.79. The van der Waals surface area contributed by atoms with Gasteiger partial charge >= 0.3 is 0 Å². The zero-order chi connectivity index (χ0) is 11.1. The van der Waals surface area contributed by atoms with E-state index in [1.54, 1.807) is 0 Å². The van der Waals surface area contributed by atoms with Crippen molar-refractivity contribution in [3.8, 4) is 0 Å². The van der Waals surface area contributed by atoms with Crippen LogP contribution >= 0.6 is 11.6 Å². The van der Waals surface area contributed by atoms with Crippen molar-refractivity contribution in [2.75, 3.05) is 11.5 Å². The molecule has 2 atom stereocenters. The standard InChI is InChI=1S/C13H16ClNO/c14-10-1-3-11(4-2-10)15(12-5-6-12)13-7-9(13)8-16/h1-4,9,12-13,16H,5-8H2. The lowest BCUT2D eigenvalue weighted by Gasteiger charge is -2.25. The van der Waals surface area contributed by atoms with Crippen molar-refractivity contribution in [2.24, 2.45) is 5.92 Å². The van der Waals surface area contributed by atoms with E-state index in [-0.39, 0.29) is 0 Å². The number of hydrogen-bond acceptors (Lipinski definition) is 2. The smallest absolute Gasteiger partial charge is 0.0479 e. The number of aliphatic hydroxyl groups is 1. The quantitative estimate of drug-likeness (QED) is 0.871. The fraction of sp³-hybridized carbons (Fsp3) is 0.538. The average molecular weight is 238 g/mol. The summed E-state index contributed by atoms with van der Waals surface area (Å²) in [7, 11) is 0. The summed E-state index contributed by atoms with van der Waals surface area (Å²) in [5, 5.41) is 9.96. The average Bonchev–Trinajstić information content (AvgIpc) is 3.16. The summed E-state index contributed by atoms with van der Waals surface area (Å²) in [5.41, 5.74) is 1.26. The van der Waals surface area contributed by atoms with Gasteiger partial charge in [-0.25, -0.2) is 0 Å². The summed E-state index contributed by atoms with van der Waals surface area (Å²) in [6.45, 7) is 0.321. The number of halogens is 1. The van der Waals surface area contributed by atoms with Crippen molar-refractivity contribution in [1.82, 2.24) is 0 Å². The highest BCUT2D eigenvalue weighted by atomic mass is 35.5. The van der Waals surface area contributed by atoms with Crippen LogP contribution in [0.3, 0.4) is 0 Å². The lowest BCUT2D eigenvalue weighted by atomic mass is 10.2. The van der Waals surface area contributed by atoms with E-state index < -0.39 is 0 Å². The van der Waals surface area contributed by atoms with E-state index in [2.05, 4.69) is 17.0 Å². The minimum Gasteiger partial charge on any atom is -0.396 e. The van der Waals surface area contributed by atoms with Crippen LogP contribution in [0.5, 0.6) is 0 Å². The Morgan fingerprint density at radius 1 is 1.25 bits per heavy atom. The third kappa shape index (κ3) is 1.92. The topological polar surface area (TPSA) is 23.5 Å². The Bertz CT molecular complexity index is 374. The zero-order valence-corrected chi connectivity index (χ0v) is 9.90. The van der Waals surface area contributed by atoms with Gasteiger partial charge in [-0.15, -0.1) is 0 Å². The molecule has 0 spiro atoms. The molecule has 1 aromatic carbocycles. The number of anilines is 1. The lowest BCUT2D eigenvalue weighted by Crippen LogP contribution is -2.29. The van der Waals surface area contributed by atoms with Crippen LogP contribution in [0.1, 0.15) is 19.3 Å². The van der Waals surface area contributed by atoms with E-state index in [0.29, 0.717) is 24.6 Å². The van der Waals surface area contributed by atoms with Gasteiger partial charge in [-0.05, 0) is 43.5 Å². The second kappa shape index (κ2) is 3.94. The molecule has 2 unspecified atom stereocenters. The van der Waals surface area contributed by atoms with Crippen molar-refractivity contribution in [2.45, 2.75) is 31.3 Å². The summed E-state index contributed by atoms with van der Waals surface area (Å²) in [6.07, 6.45) is 3.71. The van der Waals surface area contributed by atoms with Crippen LogP contribution in [0.4, 0.5) is 5.69 Å². The minimum absolute atomic E-state index is 0.321. The first kappa shape index (κ1) is 10.4. The van der Waals surface area contributed by atoms with E-state index in [1.807, 2.05) is 12.1 Å². The van der Waals surface area contributed by atoms with Crippen molar-refractivity contribution in [3.63, 3.8) is 0 Å². The Morgan fingerprint density at radius 2 is 1.94 bits per heavy atom. The fourth-order valence-electron chi connectivity index (χ4n) is 2.41. The third-order valence-electron chi connectivity index (χ3n) is 3.54. The molecule has 3 rings (SSSR count). The molecule has 2 saturated carbocycles. The fourth-order valence-corrected chi connectivity index (χ4v) is 2.53. The van der Waals surface area contributed by atoms with Crippen LogP contribution in [0, 0.1) is 5.92 Å². The molecule has 0 saturated heterocycles. The van der Waals surface area contributed by atoms with Gasteiger partial charge in [0.05, 0.1) is 0 Å². The molecule has 0 bridgehead atoms. The molecule has 1 N–H and O–H groups in total. The first-order valence-electron chi connectivity index (χ1n) is 5.94. The monoisotopic (exact) mass is 237 g/mol. The second-order valence-electron chi connectivity index (χ2n) is 4.86. The molecule has 0 aromatic heterocycles. The molecular formula is C13H16ClNO. The Balaban J connectivity index is 1.80. The van der Waals surface area contributed by atoms with Crippen LogP contribution in [-0.2, 0) is 0 Å². The van der Waals surface area contributed by atoms with Gasteiger partial charge in [0, 0.05) is 35.3 Å². The summed E-state index contributed by atoms with van der Waals surface area (Å²) in [5.74, 6) is 0.483. The molecule has 2 aliphatic rings. The largest absolute Gasteiger partial charge is 0.396 e. The van der Waals surface area contributed by atoms with Gasteiger partial charge in [0.2, 0.25) is 0 Å². The maximum atomic E-state index is 9.17. The van der Waals surface area contributed by atoms with E-state index in [0.717, 1.165) is 11.4 Å². The molecule has 0 heterocycles. The molecule has 0 radical (unpaired) electrons. The molecular weight excluding hydrogens is 222 g/mol. The highest BCUT2D eigenvalue weighted by Crippen LogP contribution is 2.44. The number of aliphatic hydroxyl groups excluding tert-OH is 1. The molecule has 1 aromatic rings. The van der Waals surface area contributed by atoms with Gasteiger partial charge in [-0.2, -0.15) is 0 Å². The lowest BCUT2D eigenvalue weighted by molar-refractivity contribution is 0.273. The molecule has 2 nitrogen and oxygen atoms in total. The minimum atomic E-state index is 0.321. The zero-order valence-electron chi connectivity index (χ0n) is 9.14. The first-order valence-corrected chi connectivity index (χ1v) is 6.32. The molecule has 0 amide bonds. The number of benzene rings is 1. The highest BCUT2D eigenvalue weighted by molar-refractivity contribution is 6.30. The predicted molar refractivity (Wildman–Crippen MR) is 65.9 cm³/mol. The Hall–Kier alpha value is -0.730. The molecule has 16 heavy (non-hydrogen) atoms. The van der Waals surface area contributed by atoms with Gasteiger partial charge < -0.3 is 10.0 Å². The van der Waals surface area contributed by atoms with Crippen LogP contribution in [0.15, 0.2) is 24.3 Å². The van der Waals surface area contributed by atoms with Crippen molar-refractivity contribution < 1.29 is 5.11 Å². The van der Waals surface area contributed by atoms with Gasteiger partial charge in [0.15, 0.2) is 0 Å². The summed E-state index contributed by atoms with van der Waals surface area (Å²) in [6, 6.07) is 9.33. The Labute approximate surface area is 101 Å². The van der Waals surface area contributed by atoms with Crippen LogP contribution < -0.4 is 4.90 Å². The molecule has 0 aliphatic heterocycles. The van der Waals surface area contributed by atoms with Crippen molar-refractivity contribution in [1.29, 1.82) is 0 Å². The van der Waals surface area contributed by atoms with E-state index in [9.17, 15) is 5.11 Å². The number of nitrogens with zero attached hydrogens (tertiary/aromatic N) is 1. The highest BCUT2D eigenvalue weighted by Gasteiger charge is 2.46. The van der Waals surface area contributed by atoms with Crippen molar-refractivity contribution in [3.05, 3.63) is 29.3 Å². The van der Waals surface area contributed by atoms with Gasteiger partial charge in [-0.3, -0.25) is 0 Å². The molecule has 2 aliphatic carbocycles. The maximum Gasteiger partial charge on any atom is 0.0479 e. The summed E-state index contributed by atoms with van der Waals surface area (Å²) >= 11 is 5.90. The van der Waals surface area contributed by atoms with Gasteiger partial charge in [0.25, 0.3) is 0 Å². The third-order valence-corrected chi connectivity index (χ3v) is 3.79. The van der Waals surface area contributed by atoms with Crippen LogP contribution in [-0.4, -0.2) is 23.8 Å². The van der Waals surface area contributed by atoms with E-state index in [1.165, 1.54) is 18.5 Å². The predicted octanol–water partition coefficient (Wildman–Crippen LogP) is 2.69. The second-order valence-corrected chi connectivity index (χ2v) is 5.30. The van der Waals surface area contributed by atoms with Crippen LogP contribution in [0.25, 0.3) is 0 Å². The normalized spacial score (nSPS) is 27.9. The molecule has 2 fully saturated rings. The van der Waals surface area contributed by atoms with E-state index >= 15 is 0 Å². The van der Waals surface area contributed by atoms with E-state index in [4.69, 9.17) is 11.6 Å². The van der Waals surface area contributed by atoms with Crippen molar-refractivity contribution >= 4 is 17.3 Å². The number of rotatable bonds is 4.